The molecule has 1 amide bonds. The quantitative estimate of drug-likeness (QED) is 0.397. The SMILES string of the molecule is C1CCC(NC2CCCCC2)CC1.CC(C)(C)OC(=O)NCCOCCOCCC(=O)O. The third-order valence-corrected chi connectivity index (χ3v) is 5.43. The van der Waals surface area contributed by atoms with Gasteiger partial charge in [-0.3, -0.25) is 4.79 Å². The predicted octanol–water partition coefficient (Wildman–Crippen LogP) is 4.26. The van der Waals surface area contributed by atoms with Gasteiger partial charge in [-0.1, -0.05) is 38.5 Å². The van der Waals surface area contributed by atoms with Crippen LogP contribution in [-0.4, -0.2) is 67.8 Å². The molecule has 8 heteroatoms. The van der Waals surface area contributed by atoms with E-state index in [1.165, 1.54) is 64.2 Å². The van der Waals surface area contributed by atoms with Crippen molar-refractivity contribution in [2.45, 2.75) is 109 Å². The summed E-state index contributed by atoms with van der Waals surface area (Å²) in [7, 11) is 0. The molecule has 2 fully saturated rings. The standard InChI is InChI=1S/C12H23NO6.C12H23N/c1-12(2,3)19-11(16)13-5-7-18-9-8-17-6-4-10(14)15;1-3-7-11(8-4-1)13-12-9-5-2-6-10-12/h4-9H2,1-3H3,(H,13,16)(H,14,15);11-13H,1-10H2. The van der Waals surface area contributed by atoms with Crippen LogP contribution >= 0.6 is 0 Å². The monoisotopic (exact) mass is 458 g/mol. The van der Waals surface area contributed by atoms with Crippen LogP contribution in [0.2, 0.25) is 0 Å². The van der Waals surface area contributed by atoms with E-state index >= 15 is 0 Å². The third-order valence-electron chi connectivity index (χ3n) is 5.43. The van der Waals surface area contributed by atoms with Crippen molar-refractivity contribution in [3.8, 4) is 0 Å². The highest BCUT2D eigenvalue weighted by Crippen LogP contribution is 2.22. The van der Waals surface area contributed by atoms with Crippen molar-refractivity contribution in [1.29, 1.82) is 0 Å². The van der Waals surface area contributed by atoms with E-state index in [4.69, 9.17) is 19.3 Å². The highest BCUT2D eigenvalue weighted by Gasteiger charge is 2.19. The van der Waals surface area contributed by atoms with Crippen molar-refractivity contribution in [2.24, 2.45) is 0 Å². The van der Waals surface area contributed by atoms with E-state index in [2.05, 4.69) is 10.6 Å². The topological polar surface area (TPSA) is 106 Å². The van der Waals surface area contributed by atoms with Gasteiger partial charge in [-0.15, -0.1) is 0 Å². The smallest absolute Gasteiger partial charge is 0.407 e. The van der Waals surface area contributed by atoms with Gasteiger partial charge in [0.05, 0.1) is 32.8 Å². The van der Waals surface area contributed by atoms with Gasteiger partial charge in [-0.25, -0.2) is 4.79 Å². The highest BCUT2D eigenvalue weighted by atomic mass is 16.6. The molecule has 0 aromatic carbocycles. The van der Waals surface area contributed by atoms with Crippen molar-refractivity contribution >= 4 is 12.1 Å². The molecule has 188 valence electrons. The van der Waals surface area contributed by atoms with E-state index < -0.39 is 17.7 Å². The van der Waals surface area contributed by atoms with E-state index in [0.29, 0.717) is 26.4 Å². The Morgan fingerprint density at radius 3 is 1.78 bits per heavy atom. The van der Waals surface area contributed by atoms with Crippen LogP contribution in [0.3, 0.4) is 0 Å². The Hall–Kier alpha value is -1.38. The van der Waals surface area contributed by atoms with Gasteiger partial charge in [0, 0.05) is 18.6 Å². The van der Waals surface area contributed by atoms with E-state index in [1.54, 1.807) is 20.8 Å². The molecule has 0 atom stereocenters. The zero-order valence-electron chi connectivity index (χ0n) is 20.5. The number of nitrogens with one attached hydrogen (secondary N) is 2. The molecule has 0 aromatic heterocycles. The highest BCUT2D eigenvalue weighted by molar-refractivity contribution is 5.67. The van der Waals surface area contributed by atoms with Crippen LogP contribution < -0.4 is 10.6 Å². The van der Waals surface area contributed by atoms with Gasteiger partial charge < -0.3 is 30.0 Å². The molecule has 0 spiro atoms. The van der Waals surface area contributed by atoms with Crippen molar-refractivity contribution in [3.63, 3.8) is 0 Å². The Labute approximate surface area is 194 Å². The minimum atomic E-state index is -0.887. The molecule has 0 unspecified atom stereocenters. The molecule has 2 saturated carbocycles. The van der Waals surface area contributed by atoms with Crippen molar-refractivity contribution in [1.82, 2.24) is 10.6 Å². The fourth-order valence-corrected chi connectivity index (χ4v) is 3.89. The van der Waals surface area contributed by atoms with E-state index in [-0.39, 0.29) is 13.0 Å². The largest absolute Gasteiger partial charge is 0.481 e. The number of amides is 1. The molecule has 2 aliphatic rings. The Balaban J connectivity index is 0.000000339. The number of carbonyl (C=O) groups is 2. The van der Waals surface area contributed by atoms with Gasteiger partial charge >= 0.3 is 12.1 Å². The second kappa shape index (κ2) is 17.1. The average Bonchev–Trinajstić information content (AvgIpc) is 2.73. The summed E-state index contributed by atoms with van der Waals surface area (Å²) in [4.78, 5) is 21.4. The number of ether oxygens (including phenoxy) is 3. The Morgan fingerprint density at radius 2 is 1.31 bits per heavy atom. The molecule has 32 heavy (non-hydrogen) atoms. The van der Waals surface area contributed by atoms with E-state index in [1.807, 2.05) is 0 Å². The average molecular weight is 459 g/mol. The lowest BCUT2D eigenvalue weighted by molar-refractivity contribution is -0.138. The Kier molecular flexibility index (Phi) is 15.3. The zero-order valence-corrected chi connectivity index (χ0v) is 20.5. The number of hydrogen-bond donors (Lipinski definition) is 3. The number of carbonyl (C=O) groups excluding carboxylic acids is 1. The maximum Gasteiger partial charge on any atom is 0.407 e. The number of carboxylic acid groups (broad SMARTS) is 1. The van der Waals surface area contributed by atoms with Crippen LogP contribution in [0.4, 0.5) is 4.79 Å². The summed E-state index contributed by atoms with van der Waals surface area (Å²) in [5.41, 5.74) is -0.511. The van der Waals surface area contributed by atoms with Crippen LogP contribution in [0, 0.1) is 0 Å². The summed E-state index contributed by atoms with van der Waals surface area (Å²) >= 11 is 0. The number of hydrogen-bond acceptors (Lipinski definition) is 6. The molecule has 3 N–H and O–H groups in total. The lowest BCUT2D eigenvalue weighted by atomic mass is 9.91. The van der Waals surface area contributed by atoms with Gasteiger partial charge in [0.2, 0.25) is 0 Å². The summed E-state index contributed by atoms with van der Waals surface area (Å²) in [6.45, 7) is 6.93. The minimum Gasteiger partial charge on any atom is -0.481 e. The molecule has 0 radical (unpaired) electrons. The third kappa shape index (κ3) is 17.2. The van der Waals surface area contributed by atoms with Crippen molar-refractivity contribution in [3.05, 3.63) is 0 Å². The molecule has 0 aromatic rings. The maximum absolute atomic E-state index is 11.2. The van der Waals surface area contributed by atoms with Crippen LogP contribution in [-0.2, 0) is 19.0 Å². The van der Waals surface area contributed by atoms with Gasteiger partial charge in [-0.05, 0) is 46.5 Å². The predicted molar refractivity (Wildman–Crippen MR) is 125 cm³/mol. The molecule has 0 bridgehead atoms. The maximum atomic E-state index is 11.2. The second-order valence-electron chi connectivity index (χ2n) is 9.63. The number of rotatable bonds is 11. The van der Waals surface area contributed by atoms with Gasteiger partial charge in [0.25, 0.3) is 0 Å². The first-order valence-corrected chi connectivity index (χ1v) is 12.4. The number of aliphatic carboxylic acids is 1. The van der Waals surface area contributed by atoms with E-state index in [0.717, 1.165) is 12.1 Å². The fourth-order valence-electron chi connectivity index (χ4n) is 3.89. The summed E-state index contributed by atoms with van der Waals surface area (Å²) in [5, 5.41) is 14.8. The number of carboxylic acids is 1. The lowest BCUT2D eigenvalue weighted by Crippen LogP contribution is -2.40. The Bertz CT molecular complexity index is 481. The number of alkyl carbamates (subject to hydrolysis) is 1. The lowest BCUT2D eigenvalue weighted by Gasteiger charge is -2.30. The molecule has 2 rings (SSSR count). The molecule has 0 heterocycles. The van der Waals surface area contributed by atoms with Gasteiger partial charge in [0.1, 0.15) is 5.60 Å². The van der Waals surface area contributed by atoms with Crippen LogP contribution in [0.15, 0.2) is 0 Å². The van der Waals surface area contributed by atoms with Crippen molar-refractivity contribution < 1.29 is 28.9 Å². The van der Waals surface area contributed by atoms with Crippen LogP contribution in [0.1, 0.15) is 91.4 Å². The van der Waals surface area contributed by atoms with Gasteiger partial charge in [0.15, 0.2) is 0 Å². The minimum absolute atomic E-state index is 0.0137. The summed E-state index contributed by atoms with van der Waals surface area (Å²) < 4.78 is 15.2. The summed E-state index contributed by atoms with van der Waals surface area (Å²) in [6.07, 6.45) is 14.1. The molecule has 0 saturated heterocycles. The van der Waals surface area contributed by atoms with Crippen LogP contribution in [0.25, 0.3) is 0 Å². The molecule has 0 aliphatic heterocycles. The van der Waals surface area contributed by atoms with Crippen LogP contribution in [0.5, 0.6) is 0 Å². The second-order valence-corrected chi connectivity index (χ2v) is 9.63. The summed E-state index contributed by atoms with van der Waals surface area (Å²) in [5.74, 6) is -0.887. The Morgan fingerprint density at radius 1 is 0.812 bits per heavy atom. The molecule has 2 aliphatic carbocycles. The molecular weight excluding hydrogens is 412 g/mol. The summed E-state index contributed by atoms with van der Waals surface area (Å²) in [6, 6.07) is 1.74. The first-order chi connectivity index (χ1) is 15.3. The van der Waals surface area contributed by atoms with E-state index in [9.17, 15) is 9.59 Å². The molecule has 8 nitrogen and oxygen atoms in total. The normalized spacial score (nSPS) is 17.8. The van der Waals surface area contributed by atoms with Crippen molar-refractivity contribution in [2.75, 3.05) is 33.0 Å². The van der Waals surface area contributed by atoms with Gasteiger partial charge in [-0.2, -0.15) is 0 Å². The first kappa shape index (κ1) is 28.7. The zero-order chi connectivity index (χ0) is 23.7. The first-order valence-electron chi connectivity index (χ1n) is 12.4. The molecular formula is C24H46N2O6. The fraction of sp³-hybridized carbons (Fsp3) is 0.917.